The lowest BCUT2D eigenvalue weighted by molar-refractivity contribution is -0.124. The molecule has 0 atom stereocenters. The zero-order valence-electron chi connectivity index (χ0n) is 18.6. The smallest absolute Gasteiger partial charge is 0.335 e. The van der Waals surface area contributed by atoms with Crippen LogP contribution in [0.2, 0.25) is 0 Å². The van der Waals surface area contributed by atoms with E-state index in [0.717, 1.165) is 45.6 Å². The molecule has 0 aliphatic heterocycles. The van der Waals surface area contributed by atoms with Crippen LogP contribution in [-0.2, 0) is 4.79 Å². The first-order valence-electron chi connectivity index (χ1n) is 12.0. The van der Waals surface area contributed by atoms with E-state index in [0.29, 0.717) is 6.42 Å². The predicted octanol–water partition coefficient (Wildman–Crippen LogP) is 6.15. The van der Waals surface area contributed by atoms with Crippen LogP contribution in [0.1, 0.15) is 55.3 Å². The highest BCUT2D eigenvalue weighted by Crippen LogP contribution is 2.61. The zero-order chi connectivity index (χ0) is 22.6. The summed E-state index contributed by atoms with van der Waals surface area (Å²) in [4.78, 5) is 29.0. The van der Waals surface area contributed by atoms with Gasteiger partial charge in [0.05, 0.1) is 22.5 Å². The van der Waals surface area contributed by atoms with Crippen LogP contribution in [0, 0.1) is 23.2 Å². The molecule has 5 nitrogen and oxygen atoms in total. The van der Waals surface area contributed by atoms with Crippen molar-refractivity contribution in [2.45, 2.75) is 44.9 Å². The fourth-order valence-corrected chi connectivity index (χ4v) is 7.25. The van der Waals surface area contributed by atoms with Crippen LogP contribution < -0.4 is 5.32 Å². The van der Waals surface area contributed by atoms with Crippen LogP contribution in [0.15, 0.2) is 54.6 Å². The molecular weight excluding hydrogens is 412 g/mol. The number of amides is 1. The number of aromatic carboxylic acids is 1. The molecule has 2 N–H and O–H groups in total. The van der Waals surface area contributed by atoms with Gasteiger partial charge in [0.25, 0.3) is 0 Å². The van der Waals surface area contributed by atoms with E-state index in [4.69, 9.17) is 10.1 Å². The minimum atomic E-state index is -0.943. The average Bonchev–Trinajstić information content (AvgIpc) is 2.77. The maximum atomic E-state index is 13.1. The maximum absolute atomic E-state index is 13.1. The molecule has 3 aromatic rings. The van der Waals surface area contributed by atoms with Gasteiger partial charge in [-0.25, -0.2) is 9.78 Å². The largest absolute Gasteiger partial charge is 0.478 e. The highest BCUT2D eigenvalue weighted by atomic mass is 16.4. The number of carboxylic acid groups (broad SMARTS) is 1. The quantitative estimate of drug-likeness (QED) is 0.499. The SMILES string of the molecule is O=C(CC12CC3CC(CC(C3)C1)C2)Nc1cccc2nc(-c3ccc(C(=O)O)cc3)ccc12. The summed E-state index contributed by atoms with van der Waals surface area (Å²) >= 11 is 0. The second-order valence-electron chi connectivity index (χ2n) is 10.6. The van der Waals surface area contributed by atoms with Crippen molar-refractivity contribution in [3.63, 3.8) is 0 Å². The summed E-state index contributed by atoms with van der Waals surface area (Å²) < 4.78 is 0. The molecule has 1 amide bonds. The van der Waals surface area contributed by atoms with Crippen molar-refractivity contribution >= 4 is 28.5 Å². The number of fused-ring (bicyclic) bond motifs is 1. The molecule has 168 valence electrons. The number of pyridine rings is 1. The first kappa shape index (κ1) is 20.4. The molecule has 4 fully saturated rings. The van der Waals surface area contributed by atoms with Gasteiger partial charge >= 0.3 is 5.97 Å². The Morgan fingerprint density at radius 1 is 0.909 bits per heavy atom. The van der Waals surface area contributed by atoms with E-state index in [9.17, 15) is 9.59 Å². The van der Waals surface area contributed by atoms with Gasteiger partial charge in [0.1, 0.15) is 0 Å². The third kappa shape index (κ3) is 3.79. The lowest BCUT2D eigenvalue weighted by atomic mass is 9.49. The Morgan fingerprint density at radius 2 is 1.58 bits per heavy atom. The van der Waals surface area contributed by atoms with Crippen LogP contribution in [-0.4, -0.2) is 22.0 Å². The van der Waals surface area contributed by atoms with Crippen LogP contribution >= 0.6 is 0 Å². The molecule has 4 aliphatic carbocycles. The van der Waals surface area contributed by atoms with Gasteiger partial charge in [-0.3, -0.25) is 4.79 Å². The Balaban J connectivity index is 1.22. The van der Waals surface area contributed by atoms with Crippen LogP contribution in [0.4, 0.5) is 5.69 Å². The minimum absolute atomic E-state index is 0.123. The molecule has 4 bridgehead atoms. The van der Waals surface area contributed by atoms with Crippen LogP contribution in [0.3, 0.4) is 0 Å². The summed E-state index contributed by atoms with van der Waals surface area (Å²) in [5.41, 5.74) is 3.72. The Labute approximate surface area is 193 Å². The standard InChI is InChI=1S/C28H28N2O3/c31-26(16-28-13-17-10-18(14-28)12-19(11-17)15-28)30-25-3-1-2-24-22(25)8-9-23(29-24)20-4-6-21(7-5-20)27(32)33/h1-9,17-19H,10-16H2,(H,30,31)(H,32,33). The fraction of sp³-hybridized carbons (Fsp3) is 0.393. The van der Waals surface area contributed by atoms with Crippen molar-refractivity contribution < 1.29 is 14.7 Å². The lowest BCUT2D eigenvalue weighted by Crippen LogP contribution is -2.47. The summed E-state index contributed by atoms with van der Waals surface area (Å²) in [6.07, 6.45) is 8.48. The van der Waals surface area contributed by atoms with E-state index in [2.05, 4.69) is 5.32 Å². The number of carbonyl (C=O) groups excluding carboxylic acids is 1. The third-order valence-electron chi connectivity index (χ3n) is 8.13. The van der Waals surface area contributed by atoms with Crippen molar-refractivity contribution in [3.05, 3.63) is 60.2 Å². The number of benzene rings is 2. The monoisotopic (exact) mass is 440 g/mol. The first-order chi connectivity index (χ1) is 16.0. The van der Waals surface area contributed by atoms with E-state index in [1.165, 1.54) is 38.5 Å². The molecule has 7 rings (SSSR count). The van der Waals surface area contributed by atoms with E-state index >= 15 is 0 Å². The van der Waals surface area contributed by atoms with Gasteiger partial charge < -0.3 is 10.4 Å². The van der Waals surface area contributed by atoms with Crippen molar-refractivity contribution in [2.75, 3.05) is 5.32 Å². The van der Waals surface area contributed by atoms with E-state index in [-0.39, 0.29) is 16.9 Å². The highest BCUT2D eigenvalue weighted by Gasteiger charge is 2.51. The van der Waals surface area contributed by atoms with Gasteiger partial charge in [0.2, 0.25) is 5.91 Å². The number of hydrogen-bond acceptors (Lipinski definition) is 3. The number of hydrogen-bond donors (Lipinski definition) is 2. The molecule has 0 unspecified atom stereocenters. The number of aromatic nitrogens is 1. The molecule has 2 aromatic carbocycles. The Hall–Kier alpha value is -3.21. The van der Waals surface area contributed by atoms with Crippen molar-refractivity contribution in [1.82, 2.24) is 4.98 Å². The van der Waals surface area contributed by atoms with Gasteiger partial charge in [-0.2, -0.15) is 0 Å². The number of nitrogens with zero attached hydrogens (tertiary/aromatic N) is 1. The Bertz CT molecular complexity index is 1210. The molecule has 1 heterocycles. The van der Waals surface area contributed by atoms with Crippen molar-refractivity contribution in [2.24, 2.45) is 23.2 Å². The topological polar surface area (TPSA) is 79.3 Å². The number of carbonyl (C=O) groups is 2. The van der Waals surface area contributed by atoms with Gasteiger partial charge in [-0.05, 0) is 98.1 Å². The minimum Gasteiger partial charge on any atom is -0.478 e. The first-order valence-corrected chi connectivity index (χ1v) is 12.0. The number of rotatable bonds is 5. The summed E-state index contributed by atoms with van der Waals surface area (Å²) in [6, 6.07) is 16.4. The van der Waals surface area contributed by atoms with Crippen LogP contribution in [0.25, 0.3) is 22.2 Å². The number of carboxylic acids is 1. The molecule has 4 aliphatic rings. The van der Waals surface area contributed by atoms with Gasteiger partial charge in [0.15, 0.2) is 0 Å². The molecular formula is C28H28N2O3. The van der Waals surface area contributed by atoms with E-state index < -0.39 is 5.97 Å². The molecule has 5 heteroatoms. The average molecular weight is 441 g/mol. The van der Waals surface area contributed by atoms with E-state index in [1.54, 1.807) is 24.3 Å². The van der Waals surface area contributed by atoms with Crippen LogP contribution in [0.5, 0.6) is 0 Å². The summed E-state index contributed by atoms with van der Waals surface area (Å²) in [5, 5.41) is 13.2. The molecule has 1 aromatic heterocycles. The van der Waals surface area contributed by atoms with Gasteiger partial charge in [-0.1, -0.05) is 18.2 Å². The van der Waals surface area contributed by atoms with E-state index in [1.807, 2.05) is 30.3 Å². The summed E-state index contributed by atoms with van der Waals surface area (Å²) in [5.74, 6) is 1.70. The normalized spacial score (nSPS) is 27.6. The number of nitrogens with one attached hydrogen (secondary N) is 1. The lowest BCUT2D eigenvalue weighted by Gasteiger charge is -2.56. The van der Waals surface area contributed by atoms with Gasteiger partial charge in [0, 0.05) is 17.4 Å². The summed E-state index contributed by atoms with van der Waals surface area (Å²) in [7, 11) is 0. The van der Waals surface area contributed by atoms with Crippen molar-refractivity contribution in [3.8, 4) is 11.3 Å². The second kappa shape index (κ2) is 7.68. The third-order valence-corrected chi connectivity index (χ3v) is 8.13. The molecule has 33 heavy (non-hydrogen) atoms. The predicted molar refractivity (Wildman–Crippen MR) is 128 cm³/mol. The number of anilines is 1. The molecule has 0 spiro atoms. The maximum Gasteiger partial charge on any atom is 0.335 e. The van der Waals surface area contributed by atoms with Crippen molar-refractivity contribution in [1.29, 1.82) is 0 Å². The molecule has 4 saturated carbocycles. The Kier molecular flexibility index (Phi) is 4.75. The molecule has 0 radical (unpaired) electrons. The molecule has 0 saturated heterocycles. The van der Waals surface area contributed by atoms with Gasteiger partial charge in [-0.15, -0.1) is 0 Å². The summed E-state index contributed by atoms with van der Waals surface area (Å²) in [6.45, 7) is 0. The Morgan fingerprint density at radius 3 is 2.21 bits per heavy atom. The zero-order valence-corrected chi connectivity index (χ0v) is 18.6. The highest BCUT2D eigenvalue weighted by molar-refractivity contribution is 6.01. The second-order valence-corrected chi connectivity index (χ2v) is 10.6. The fourth-order valence-electron chi connectivity index (χ4n) is 7.25.